The second-order valence-corrected chi connectivity index (χ2v) is 8.08. The third-order valence-corrected chi connectivity index (χ3v) is 6.06. The third-order valence-electron chi connectivity index (χ3n) is 4.83. The molecule has 0 aliphatic carbocycles. The molecule has 31 heavy (non-hydrogen) atoms. The van der Waals surface area contributed by atoms with Crippen LogP contribution in [-0.2, 0) is 11.3 Å². The van der Waals surface area contributed by atoms with Gasteiger partial charge in [-0.2, -0.15) is 5.10 Å². The molecule has 2 aromatic carbocycles. The molecule has 1 aliphatic heterocycles. The number of hydrogen-bond donors (Lipinski definition) is 0. The summed E-state index contributed by atoms with van der Waals surface area (Å²) < 4.78 is 15.8. The Morgan fingerprint density at radius 1 is 1.03 bits per heavy atom. The van der Waals surface area contributed by atoms with E-state index in [4.69, 9.17) is 14.2 Å². The highest BCUT2D eigenvalue weighted by atomic mass is 32.2. The van der Waals surface area contributed by atoms with Crippen molar-refractivity contribution >= 4 is 29.1 Å². The van der Waals surface area contributed by atoms with E-state index in [0.717, 1.165) is 29.7 Å². The zero-order chi connectivity index (χ0) is 22.2. The van der Waals surface area contributed by atoms with Crippen molar-refractivity contribution in [1.29, 1.82) is 0 Å². The first-order chi connectivity index (χ1) is 15.1. The maximum atomic E-state index is 12.9. The number of thioether (sulfide) groups is 1. The fraction of sp³-hybridized carbons (Fsp3) is 0.348. The van der Waals surface area contributed by atoms with E-state index in [1.807, 2.05) is 42.5 Å². The summed E-state index contributed by atoms with van der Waals surface area (Å²) in [6, 6.07) is 13.2. The fourth-order valence-corrected chi connectivity index (χ4v) is 4.38. The van der Waals surface area contributed by atoms with Gasteiger partial charge in [0.05, 0.1) is 39.3 Å². The van der Waals surface area contributed by atoms with E-state index in [2.05, 4.69) is 17.1 Å². The highest BCUT2D eigenvalue weighted by Crippen LogP contribution is 2.32. The number of methoxy groups -OCH3 is 3. The van der Waals surface area contributed by atoms with Crippen LogP contribution in [0.15, 0.2) is 52.7 Å². The second kappa shape index (κ2) is 10.9. The van der Waals surface area contributed by atoms with Gasteiger partial charge in [0.1, 0.15) is 5.75 Å². The largest absolute Gasteiger partial charge is 0.497 e. The fourth-order valence-electron chi connectivity index (χ4n) is 3.17. The molecule has 0 aromatic heterocycles. The van der Waals surface area contributed by atoms with Crippen LogP contribution >= 0.6 is 11.8 Å². The van der Waals surface area contributed by atoms with Crippen molar-refractivity contribution in [3.8, 4) is 17.2 Å². The van der Waals surface area contributed by atoms with Gasteiger partial charge in [0.2, 0.25) is 5.91 Å². The molecule has 8 heteroatoms. The highest BCUT2D eigenvalue weighted by Gasteiger charge is 2.37. The SMILES string of the molecule is CCCC1S/C(=N/N=C/c2ccc(OC)c(OC)c2)N(Cc2ccc(OC)cc2)C1=O. The van der Waals surface area contributed by atoms with Gasteiger partial charge < -0.3 is 14.2 Å². The molecular weight excluding hydrogens is 414 g/mol. The number of carbonyl (C=O) groups is 1. The topological polar surface area (TPSA) is 72.7 Å². The molecule has 1 aliphatic rings. The van der Waals surface area contributed by atoms with E-state index < -0.39 is 0 Å². The van der Waals surface area contributed by atoms with Gasteiger partial charge in [-0.3, -0.25) is 9.69 Å². The first-order valence-electron chi connectivity index (χ1n) is 10.0. The Labute approximate surface area is 187 Å². The van der Waals surface area contributed by atoms with Crippen LogP contribution in [0.3, 0.4) is 0 Å². The summed E-state index contributed by atoms with van der Waals surface area (Å²) in [7, 11) is 4.81. The van der Waals surface area contributed by atoms with Crippen LogP contribution in [0.1, 0.15) is 30.9 Å². The van der Waals surface area contributed by atoms with Gasteiger partial charge in [0.15, 0.2) is 16.7 Å². The van der Waals surface area contributed by atoms with E-state index >= 15 is 0 Å². The lowest BCUT2D eigenvalue weighted by molar-refractivity contribution is -0.126. The molecule has 1 atom stereocenters. The summed E-state index contributed by atoms with van der Waals surface area (Å²) in [6.45, 7) is 2.52. The molecule has 0 spiro atoms. The summed E-state index contributed by atoms with van der Waals surface area (Å²) in [6.07, 6.45) is 3.38. The molecule has 0 bridgehead atoms. The summed E-state index contributed by atoms with van der Waals surface area (Å²) in [4.78, 5) is 14.6. The first-order valence-corrected chi connectivity index (χ1v) is 10.9. The Hall–Kier alpha value is -3.00. The van der Waals surface area contributed by atoms with Crippen molar-refractivity contribution in [2.24, 2.45) is 10.2 Å². The molecule has 1 amide bonds. The van der Waals surface area contributed by atoms with Crippen molar-refractivity contribution in [1.82, 2.24) is 4.90 Å². The Morgan fingerprint density at radius 3 is 2.42 bits per heavy atom. The predicted molar refractivity (Wildman–Crippen MR) is 124 cm³/mol. The van der Waals surface area contributed by atoms with Crippen molar-refractivity contribution in [3.05, 3.63) is 53.6 Å². The molecule has 164 valence electrons. The minimum atomic E-state index is -0.127. The Balaban J connectivity index is 1.80. The van der Waals surface area contributed by atoms with E-state index in [-0.39, 0.29) is 11.2 Å². The van der Waals surface area contributed by atoms with Crippen LogP contribution in [0, 0.1) is 0 Å². The van der Waals surface area contributed by atoms with Crippen LogP contribution in [0.25, 0.3) is 0 Å². The van der Waals surface area contributed by atoms with Gasteiger partial charge in [0.25, 0.3) is 0 Å². The van der Waals surface area contributed by atoms with E-state index in [0.29, 0.717) is 23.2 Å². The Morgan fingerprint density at radius 2 is 1.77 bits per heavy atom. The molecule has 0 radical (unpaired) electrons. The molecule has 2 aromatic rings. The van der Waals surface area contributed by atoms with Crippen molar-refractivity contribution in [2.45, 2.75) is 31.6 Å². The molecule has 1 fully saturated rings. The van der Waals surface area contributed by atoms with E-state index in [1.165, 1.54) is 11.8 Å². The van der Waals surface area contributed by atoms with E-state index in [9.17, 15) is 4.79 Å². The maximum absolute atomic E-state index is 12.9. The molecular formula is C23H27N3O4S. The van der Waals surface area contributed by atoms with Crippen LogP contribution in [0.4, 0.5) is 0 Å². The predicted octanol–water partition coefficient (Wildman–Crippen LogP) is 4.35. The standard InChI is InChI=1S/C23H27N3O4S/c1-5-6-21-22(27)26(15-16-7-10-18(28-2)11-8-16)23(31-21)25-24-14-17-9-12-19(29-3)20(13-17)30-4/h7-14,21H,5-6,15H2,1-4H3/b24-14+,25-23+. The van der Waals surface area contributed by atoms with Gasteiger partial charge in [0, 0.05) is 0 Å². The smallest absolute Gasteiger partial charge is 0.242 e. The number of nitrogens with zero attached hydrogens (tertiary/aromatic N) is 3. The number of amides is 1. The molecule has 0 N–H and O–H groups in total. The van der Waals surface area contributed by atoms with Crippen molar-refractivity contribution < 1.29 is 19.0 Å². The zero-order valence-electron chi connectivity index (χ0n) is 18.2. The number of benzene rings is 2. The molecule has 1 unspecified atom stereocenters. The summed E-state index contributed by atoms with van der Waals surface area (Å²) in [5.74, 6) is 2.12. The minimum Gasteiger partial charge on any atom is -0.497 e. The Bertz CT molecular complexity index is 960. The monoisotopic (exact) mass is 441 g/mol. The summed E-state index contributed by atoms with van der Waals surface area (Å²) >= 11 is 1.47. The zero-order valence-corrected chi connectivity index (χ0v) is 19.0. The highest BCUT2D eigenvalue weighted by molar-refractivity contribution is 8.15. The van der Waals surface area contributed by atoms with Crippen LogP contribution < -0.4 is 14.2 Å². The van der Waals surface area contributed by atoms with Gasteiger partial charge in [-0.05, 0) is 47.9 Å². The first kappa shape index (κ1) is 22.7. The molecule has 1 heterocycles. The second-order valence-electron chi connectivity index (χ2n) is 6.91. The molecule has 1 saturated heterocycles. The number of carbonyl (C=O) groups excluding carboxylic acids is 1. The van der Waals surface area contributed by atoms with Gasteiger partial charge >= 0.3 is 0 Å². The van der Waals surface area contributed by atoms with Crippen LogP contribution in [-0.4, -0.2) is 48.8 Å². The van der Waals surface area contributed by atoms with Crippen LogP contribution in [0.2, 0.25) is 0 Å². The van der Waals surface area contributed by atoms with Crippen LogP contribution in [0.5, 0.6) is 17.2 Å². The van der Waals surface area contributed by atoms with Gasteiger partial charge in [-0.25, -0.2) is 0 Å². The lowest BCUT2D eigenvalue weighted by Crippen LogP contribution is -2.31. The minimum absolute atomic E-state index is 0.0720. The lowest BCUT2D eigenvalue weighted by Gasteiger charge is -2.16. The van der Waals surface area contributed by atoms with Crippen molar-refractivity contribution in [2.75, 3.05) is 21.3 Å². The number of amidine groups is 1. The van der Waals surface area contributed by atoms with Gasteiger partial charge in [-0.1, -0.05) is 37.2 Å². The average molecular weight is 442 g/mol. The van der Waals surface area contributed by atoms with Crippen molar-refractivity contribution in [3.63, 3.8) is 0 Å². The summed E-state index contributed by atoms with van der Waals surface area (Å²) in [5, 5.41) is 9.08. The lowest BCUT2D eigenvalue weighted by atomic mass is 10.2. The summed E-state index contributed by atoms with van der Waals surface area (Å²) in [5.41, 5.74) is 1.83. The number of rotatable bonds is 9. The van der Waals surface area contributed by atoms with Gasteiger partial charge in [-0.15, -0.1) is 5.10 Å². The quantitative estimate of drug-likeness (QED) is 0.427. The maximum Gasteiger partial charge on any atom is 0.242 e. The normalized spacial score (nSPS) is 17.5. The number of hydrogen-bond acceptors (Lipinski definition) is 7. The Kier molecular flexibility index (Phi) is 7.94. The molecule has 7 nitrogen and oxygen atoms in total. The third kappa shape index (κ3) is 5.58. The number of ether oxygens (including phenoxy) is 3. The average Bonchev–Trinajstić information content (AvgIpc) is 3.08. The molecule has 3 rings (SSSR count). The van der Waals surface area contributed by atoms with E-state index in [1.54, 1.807) is 32.4 Å². The molecule has 0 saturated carbocycles.